The summed E-state index contributed by atoms with van der Waals surface area (Å²) >= 11 is 1.45. The van der Waals surface area contributed by atoms with Gasteiger partial charge in [-0.1, -0.05) is 42.5 Å². The van der Waals surface area contributed by atoms with Crippen molar-refractivity contribution in [2.45, 2.75) is 32.0 Å². The zero-order valence-electron chi connectivity index (χ0n) is 19.3. The molecule has 7 heteroatoms. The number of nitrogens with one attached hydrogen (secondary N) is 1. The lowest BCUT2D eigenvalue weighted by atomic mass is 9.87. The van der Waals surface area contributed by atoms with Gasteiger partial charge in [-0.3, -0.25) is 9.59 Å². The summed E-state index contributed by atoms with van der Waals surface area (Å²) in [6.45, 7) is 2.66. The van der Waals surface area contributed by atoms with Gasteiger partial charge >= 0.3 is 0 Å². The Morgan fingerprint density at radius 1 is 1.11 bits per heavy atom. The molecule has 35 heavy (non-hydrogen) atoms. The van der Waals surface area contributed by atoms with Gasteiger partial charge in [0.05, 0.1) is 23.7 Å². The van der Waals surface area contributed by atoms with Crippen LogP contribution in [0.5, 0.6) is 5.75 Å². The molecule has 1 aliphatic heterocycles. The van der Waals surface area contributed by atoms with E-state index in [9.17, 15) is 9.59 Å². The third kappa shape index (κ3) is 5.00. The summed E-state index contributed by atoms with van der Waals surface area (Å²) in [6.07, 6.45) is 1.64. The minimum Gasteiger partial charge on any atom is -0.481 e. The van der Waals surface area contributed by atoms with Gasteiger partial charge in [0, 0.05) is 6.54 Å². The number of ether oxygens (including phenoxy) is 1. The fraction of sp³-hybridized carbons (Fsp3) is 0.214. The van der Waals surface area contributed by atoms with Gasteiger partial charge in [-0.25, -0.2) is 0 Å². The molecule has 0 radical (unpaired) electrons. The molecule has 2 atom stereocenters. The van der Waals surface area contributed by atoms with Crippen LogP contribution < -0.4 is 10.1 Å². The van der Waals surface area contributed by atoms with E-state index in [0.29, 0.717) is 24.6 Å². The van der Waals surface area contributed by atoms with Gasteiger partial charge < -0.3 is 19.4 Å². The molecule has 6 nitrogen and oxygen atoms in total. The molecule has 2 unspecified atom stereocenters. The minimum atomic E-state index is -0.689. The van der Waals surface area contributed by atoms with Crippen molar-refractivity contribution in [2.24, 2.45) is 0 Å². The molecule has 4 aromatic rings. The number of benzene rings is 2. The first kappa shape index (κ1) is 22.9. The first-order chi connectivity index (χ1) is 17.1. The number of fused-ring (bicyclic) bond motifs is 1. The van der Waals surface area contributed by atoms with E-state index >= 15 is 0 Å². The molecule has 1 aliphatic rings. The number of hydrogen-bond donors (Lipinski definition) is 1. The van der Waals surface area contributed by atoms with Crippen molar-refractivity contribution in [3.05, 3.63) is 112 Å². The first-order valence-corrected chi connectivity index (χ1v) is 12.5. The topological polar surface area (TPSA) is 71.8 Å². The van der Waals surface area contributed by atoms with Crippen LogP contribution in [0.25, 0.3) is 0 Å². The van der Waals surface area contributed by atoms with Crippen molar-refractivity contribution >= 4 is 23.2 Å². The van der Waals surface area contributed by atoms with Gasteiger partial charge in [-0.15, -0.1) is 11.3 Å². The second-order valence-electron chi connectivity index (χ2n) is 8.46. The summed E-state index contributed by atoms with van der Waals surface area (Å²) < 4.78 is 11.3. The number of amides is 2. The second-order valence-corrected chi connectivity index (χ2v) is 9.40. The van der Waals surface area contributed by atoms with Crippen molar-refractivity contribution in [3.8, 4) is 5.75 Å². The molecule has 178 valence electrons. The van der Waals surface area contributed by atoms with E-state index in [1.807, 2.05) is 77.0 Å². The van der Waals surface area contributed by atoms with Gasteiger partial charge in [0.25, 0.3) is 11.8 Å². The van der Waals surface area contributed by atoms with Crippen molar-refractivity contribution < 1.29 is 18.7 Å². The van der Waals surface area contributed by atoms with E-state index in [-0.39, 0.29) is 17.9 Å². The fourth-order valence-corrected chi connectivity index (χ4v) is 5.09. The van der Waals surface area contributed by atoms with E-state index in [2.05, 4.69) is 5.32 Å². The fourth-order valence-electron chi connectivity index (χ4n) is 4.41. The largest absolute Gasteiger partial charge is 0.481 e. The molecule has 0 saturated carbocycles. The highest BCUT2D eigenvalue weighted by atomic mass is 32.1. The smallest absolute Gasteiger partial charge is 0.264 e. The van der Waals surface area contributed by atoms with Crippen LogP contribution in [0.4, 0.5) is 0 Å². The Bertz CT molecular complexity index is 1290. The average Bonchev–Trinajstić information content (AvgIpc) is 3.61. The number of carbonyl (C=O) groups is 2. The Kier molecular flexibility index (Phi) is 6.68. The van der Waals surface area contributed by atoms with E-state index in [4.69, 9.17) is 9.15 Å². The molecule has 1 N–H and O–H groups in total. The quantitative estimate of drug-likeness (QED) is 0.389. The summed E-state index contributed by atoms with van der Waals surface area (Å²) in [7, 11) is 0. The average molecular weight is 487 g/mol. The van der Waals surface area contributed by atoms with Gasteiger partial charge in [-0.2, -0.15) is 0 Å². The molecule has 0 fully saturated rings. The lowest BCUT2D eigenvalue weighted by Crippen LogP contribution is -2.40. The number of hydrogen-bond acceptors (Lipinski definition) is 5. The van der Waals surface area contributed by atoms with E-state index in [0.717, 1.165) is 22.4 Å². The molecular formula is C28H26N2O4S. The zero-order chi connectivity index (χ0) is 24.2. The SMILES string of the molecule is CC(Oc1ccc2c(c1)C(c1ccccc1)N(C(=O)c1cccs1)CC2)C(=O)NCc1ccco1. The molecule has 0 saturated heterocycles. The Hall–Kier alpha value is -3.84. The molecule has 2 amide bonds. The van der Waals surface area contributed by atoms with Crippen LogP contribution >= 0.6 is 11.3 Å². The lowest BCUT2D eigenvalue weighted by molar-refractivity contribution is -0.127. The van der Waals surface area contributed by atoms with Gasteiger partial charge in [0.1, 0.15) is 11.5 Å². The van der Waals surface area contributed by atoms with E-state index < -0.39 is 6.10 Å². The highest BCUT2D eigenvalue weighted by Crippen LogP contribution is 2.38. The van der Waals surface area contributed by atoms with Crippen molar-refractivity contribution in [1.82, 2.24) is 10.2 Å². The van der Waals surface area contributed by atoms with Gasteiger partial charge in [0.15, 0.2) is 6.10 Å². The Morgan fingerprint density at radius 3 is 2.71 bits per heavy atom. The van der Waals surface area contributed by atoms with Crippen molar-refractivity contribution in [3.63, 3.8) is 0 Å². The van der Waals surface area contributed by atoms with Crippen LogP contribution in [0.1, 0.15) is 45.1 Å². The Morgan fingerprint density at radius 2 is 1.97 bits per heavy atom. The van der Waals surface area contributed by atoms with Crippen LogP contribution in [0.2, 0.25) is 0 Å². The molecule has 5 rings (SSSR count). The second kappa shape index (κ2) is 10.2. The van der Waals surface area contributed by atoms with Crippen molar-refractivity contribution in [2.75, 3.05) is 6.54 Å². The third-order valence-corrected chi connectivity index (χ3v) is 7.01. The maximum Gasteiger partial charge on any atom is 0.264 e. The Balaban J connectivity index is 1.40. The van der Waals surface area contributed by atoms with Crippen LogP contribution in [0.15, 0.2) is 88.9 Å². The third-order valence-electron chi connectivity index (χ3n) is 6.15. The van der Waals surface area contributed by atoms with Crippen molar-refractivity contribution in [1.29, 1.82) is 0 Å². The summed E-state index contributed by atoms with van der Waals surface area (Å²) in [6, 6.07) is 23.1. The zero-order valence-corrected chi connectivity index (χ0v) is 20.2. The Labute approximate surface area is 208 Å². The summed E-state index contributed by atoms with van der Waals surface area (Å²) in [5, 5.41) is 4.75. The summed E-state index contributed by atoms with van der Waals surface area (Å²) in [4.78, 5) is 28.6. The molecular weight excluding hydrogens is 460 g/mol. The highest BCUT2D eigenvalue weighted by Gasteiger charge is 2.33. The number of furan rings is 1. The normalized spacial score (nSPS) is 15.8. The van der Waals surface area contributed by atoms with Crippen LogP contribution in [0, 0.1) is 0 Å². The molecule has 2 aromatic carbocycles. The summed E-state index contributed by atoms with van der Waals surface area (Å²) in [5.41, 5.74) is 3.24. The highest BCUT2D eigenvalue weighted by molar-refractivity contribution is 7.12. The number of carbonyl (C=O) groups excluding carboxylic acids is 2. The number of thiophene rings is 1. The standard InChI is InChI=1S/C28H26N2O4S/c1-19(27(31)29-18-23-9-5-15-33-23)34-22-12-11-20-13-14-30(28(32)25-10-6-16-35-25)26(24(20)17-22)21-7-3-2-4-8-21/h2-12,15-17,19,26H,13-14,18H2,1H3,(H,29,31). The first-order valence-electron chi connectivity index (χ1n) is 11.6. The predicted molar refractivity (Wildman–Crippen MR) is 134 cm³/mol. The molecule has 0 aliphatic carbocycles. The van der Waals surface area contributed by atoms with Crippen LogP contribution in [0.3, 0.4) is 0 Å². The van der Waals surface area contributed by atoms with Gasteiger partial charge in [-0.05, 0) is 65.7 Å². The molecule has 0 spiro atoms. The number of nitrogens with zero attached hydrogens (tertiary/aromatic N) is 1. The van der Waals surface area contributed by atoms with Gasteiger partial charge in [0.2, 0.25) is 0 Å². The predicted octanol–water partition coefficient (Wildman–Crippen LogP) is 5.21. The monoisotopic (exact) mass is 486 g/mol. The van der Waals surface area contributed by atoms with E-state index in [1.54, 1.807) is 19.3 Å². The number of rotatable bonds is 7. The maximum absolute atomic E-state index is 13.4. The summed E-state index contributed by atoms with van der Waals surface area (Å²) in [5.74, 6) is 1.07. The van der Waals surface area contributed by atoms with E-state index in [1.165, 1.54) is 16.9 Å². The molecule has 0 bridgehead atoms. The molecule has 3 heterocycles. The maximum atomic E-state index is 13.4. The van der Waals surface area contributed by atoms with Crippen LogP contribution in [-0.2, 0) is 17.8 Å². The minimum absolute atomic E-state index is 0.0245. The lowest BCUT2D eigenvalue weighted by Gasteiger charge is -2.38. The van der Waals surface area contributed by atoms with Crippen LogP contribution in [-0.4, -0.2) is 29.4 Å². The molecule has 2 aromatic heterocycles.